The number of benzene rings is 1. The Kier molecular flexibility index (Phi) is 8.04. The van der Waals surface area contributed by atoms with Crippen molar-refractivity contribution in [2.24, 2.45) is 10.9 Å². The Hall–Kier alpha value is -1.67. The van der Waals surface area contributed by atoms with Crippen LogP contribution >= 0.6 is 11.6 Å². The van der Waals surface area contributed by atoms with Gasteiger partial charge in [-0.25, -0.2) is 0 Å². The minimum absolute atomic E-state index is 0.183. The van der Waals surface area contributed by atoms with Gasteiger partial charge in [0.2, 0.25) is 0 Å². The minimum atomic E-state index is -4.14. The molecule has 5 nitrogen and oxygen atoms in total. The van der Waals surface area contributed by atoms with E-state index in [1.54, 1.807) is 19.2 Å². The molecule has 1 aromatic rings. The van der Waals surface area contributed by atoms with Crippen molar-refractivity contribution in [3.63, 3.8) is 0 Å². The van der Waals surface area contributed by atoms with Crippen LogP contribution in [-0.2, 0) is 0 Å². The lowest BCUT2D eigenvalue weighted by molar-refractivity contribution is -0.143. The highest BCUT2D eigenvalue weighted by Crippen LogP contribution is 2.22. The van der Waals surface area contributed by atoms with E-state index in [-0.39, 0.29) is 5.92 Å². The zero-order valence-corrected chi connectivity index (χ0v) is 16.4. The molecule has 1 N–H and O–H groups in total. The van der Waals surface area contributed by atoms with Crippen LogP contribution < -0.4 is 10.1 Å². The fraction of sp³-hybridized carbons (Fsp3) is 0.611. The fourth-order valence-electron chi connectivity index (χ4n) is 3.03. The van der Waals surface area contributed by atoms with E-state index in [4.69, 9.17) is 16.3 Å². The van der Waals surface area contributed by atoms with Gasteiger partial charge in [0.25, 0.3) is 0 Å². The van der Waals surface area contributed by atoms with Crippen molar-refractivity contribution in [1.82, 2.24) is 15.1 Å². The van der Waals surface area contributed by atoms with Gasteiger partial charge in [-0.1, -0.05) is 11.6 Å². The number of likely N-dealkylation sites (tertiary alicyclic amines) is 1. The molecule has 27 heavy (non-hydrogen) atoms. The first-order valence-corrected chi connectivity index (χ1v) is 9.24. The first kappa shape index (κ1) is 21.6. The fourth-order valence-corrected chi connectivity index (χ4v) is 3.16. The SMILES string of the molecule is CN=C(NCC1CCN(CC(F)(F)F)C1)N(C)CCOc1ccc(Cl)cc1. The molecule has 0 spiro atoms. The van der Waals surface area contributed by atoms with Crippen molar-refractivity contribution >= 4 is 17.6 Å². The highest BCUT2D eigenvalue weighted by molar-refractivity contribution is 6.30. The molecule has 1 atom stereocenters. The third-order valence-electron chi connectivity index (χ3n) is 4.40. The van der Waals surface area contributed by atoms with Gasteiger partial charge in [0.05, 0.1) is 13.1 Å². The summed E-state index contributed by atoms with van der Waals surface area (Å²) >= 11 is 5.84. The molecule has 152 valence electrons. The molecule has 1 heterocycles. The first-order chi connectivity index (χ1) is 12.8. The standard InChI is InChI=1S/C18H26ClF3N4O/c1-23-17(24-11-14-7-8-26(12-14)13-18(20,21)22)25(2)9-10-27-16-5-3-15(19)4-6-16/h3-6,14H,7-13H2,1-2H3,(H,23,24). The molecule has 0 radical (unpaired) electrons. The van der Waals surface area contributed by atoms with E-state index in [1.807, 2.05) is 24.1 Å². The summed E-state index contributed by atoms with van der Waals surface area (Å²) in [6.07, 6.45) is -3.38. The number of hydrogen-bond acceptors (Lipinski definition) is 3. The monoisotopic (exact) mass is 406 g/mol. The normalized spacial score (nSPS) is 18.6. The number of aliphatic imine (C=N–C) groups is 1. The number of rotatable bonds is 7. The molecule has 1 aliphatic heterocycles. The van der Waals surface area contributed by atoms with Gasteiger partial charge >= 0.3 is 6.18 Å². The Morgan fingerprint density at radius 1 is 1.37 bits per heavy atom. The number of halogens is 4. The molecule has 1 fully saturated rings. The van der Waals surface area contributed by atoms with E-state index < -0.39 is 12.7 Å². The first-order valence-electron chi connectivity index (χ1n) is 8.86. The van der Waals surface area contributed by atoms with Gasteiger partial charge in [0.1, 0.15) is 12.4 Å². The van der Waals surface area contributed by atoms with Crippen molar-refractivity contribution in [3.8, 4) is 5.75 Å². The van der Waals surface area contributed by atoms with E-state index in [0.717, 1.165) is 12.2 Å². The third kappa shape index (κ3) is 7.84. The lowest BCUT2D eigenvalue weighted by atomic mass is 10.1. The van der Waals surface area contributed by atoms with E-state index in [0.29, 0.717) is 43.8 Å². The summed E-state index contributed by atoms with van der Waals surface area (Å²) in [6, 6.07) is 7.15. The highest BCUT2D eigenvalue weighted by atomic mass is 35.5. The Morgan fingerprint density at radius 2 is 2.07 bits per heavy atom. The molecule has 1 aromatic carbocycles. The van der Waals surface area contributed by atoms with E-state index in [2.05, 4.69) is 10.3 Å². The van der Waals surface area contributed by atoms with Crippen LogP contribution in [0.1, 0.15) is 6.42 Å². The van der Waals surface area contributed by atoms with Crippen molar-refractivity contribution in [1.29, 1.82) is 0 Å². The molecule has 0 amide bonds. The summed E-state index contributed by atoms with van der Waals surface area (Å²) in [5.74, 6) is 1.62. The van der Waals surface area contributed by atoms with Crippen molar-refractivity contribution < 1.29 is 17.9 Å². The van der Waals surface area contributed by atoms with Crippen LogP contribution in [0.5, 0.6) is 5.75 Å². The second-order valence-electron chi connectivity index (χ2n) is 6.66. The second-order valence-corrected chi connectivity index (χ2v) is 7.09. The number of ether oxygens (including phenoxy) is 1. The average Bonchev–Trinajstić information content (AvgIpc) is 3.02. The Bertz CT molecular complexity index is 610. The van der Waals surface area contributed by atoms with Crippen LogP contribution in [0.2, 0.25) is 5.02 Å². The summed E-state index contributed by atoms with van der Waals surface area (Å²) in [6.45, 7) is 1.79. The van der Waals surface area contributed by atoms with Crippen LogP contribution in [0.15, 0.2) is 29.3 Å². The van der Waals surface area contributed by atoms with Gasteiger partial charge in [0, 0.05) is 32.2 Å². The molecular weight excluding hydrogens is 381 g/mol. The minimum Gasteiger partial charge on any atom is -0.492 e. The number of nitrogens with one attached hydrogen (secondary N) is 1. The van der Waals surface area contributed by atoms with Crippen molar-refractivity contribution in [2.75, 3.05) is 53.4 Å². The largest absolute Gasteiger partial charge is 0.492 e. The van der Waals surface area contributed by atoms with Gasteiger partial charge in [-0.05, 0) is 43.1 Å². The summed E-state index contributed by atoms with van der Waals surface area (Å²) in [4.78, 5) is 7.62. The van der Waals surface area contributed by atoms with Crippen LogP contribution in [0, 0.1) is 5.92 Å². The Morgan fingerprint density at radius 3 is 2.70 bits per heavy atom. The summed E-state index contributed by atoms with van der Waals surface area (Å²) in [5.41, 5.74) is 0. The molecule has 0 saturated carbocycles. The van der Waals surface area contributed by atoms with Crippen molar-refractivity contribution in [2.45, 2.75) is 12.6 Å². The summed E-state index contributed by atoms with van der Waals surface area (Å²) in [5, 5.41) is 3.90. The average molecular weight is 407 g/mol. The van der Waals surface area contributed by atoms with E-state index in [9.17, 15) is 13.2 Å². The topological polar surface area (TPSA) is 40.1 Å². The molecule has 0 aromatic heterocycles. The Labute approximate surface area is 163 Å². The number of guanidine groups is 1. The number of likely N-dealkylation sites (N-methyl/N-ethyl adjacent to an activating group) is 1. The maximum Gasteiger partial charge on any atom is 0.401 e. The Balaban J connectivity index is 1.69. The molecular formula is C18H26ClF3N4O. The summed E-state index contributed by atoms with van der Waals surface area (Å²) in [7, 11) is 3.58. The van der Waals surface area contributed by atoms with Crippen LogP contribution in [0.4, 0.5) is 13.2 Å². The van der Waals surface area contributed by atoms with Gasteiger partial charge < -0.3 is 15.0 Å². The molecule has 9 heteroatoms. The molecule has 1 unspecified atom stereocenters. The molecule has 2 rings (SSSR count). The lowest BCUT2D eigenvalue weighted by Gasteiger charge is -2.23. The number of alkyl halides is 3. The maximum absolute atomic E-state index is 12.5. The molecule has 1 aliphatic rings. The number of nitrogens with zero attached hydrogens (tertiary/aromatic N) is 3. The third-order valence-corrected chi connectivity index (χ3v) is 4.66. The molecule has 1 saturated heterocycles. The zero-order valence-electron chi connectivity index (χ0n) is 15.6. The highest BCUT2D eigenvalue weighted by Gasteiger charge is 2.34. The van der Waals surface area contributed by atoms with Gasteiger partial charge in [-0.3, -0.25) is 9.89 Å². The molecule has 0 aliphatic carbocycles. The predicted octanol–water partition coefficient (Wildman–Crippen LogP) is 3.11. The number of hydrogen-bond donors (Lipinski definition) is 1. The molecule has 0 bridgehead atoms. The van der Waals surface area contributed by atoms with E-state index >= 15 is 0 Å². The second kappa shape index (κ2) is 10.0. The van der Waals surface area contributed by atoms with Gasteiger partial charge in [-0.15, -0.1) is 0 Å². The van der Waals surface area contributed by atoms with Crippen LogP contribution in [0.25, 0.3) is 0 Å². The van der Waals surface area contributed by atoms with Crippen LogP contribution in [-0.4, -0.2) is 75.4 Å². The lowest BCUT2D eigenvalue weighted by Crippen LogP contribution is -2.43. The van der Waals surface area contributed by atoms with Crippen molar-refractivity contribution in [3.05, 3.63) is 29.3 Å². The summed E-state index contributed by atoms with van der Waals surface area (Å²) < 4.78 is 43.1. The van der Waals surface area contributed by atoms with E-state index in [1.165, 1.54) is 4.90 Å². The smallest absolute Gasteiger partial charge is 0.401 e. The quantitative estimate of drug-likeness (QED) is 0.558. The maximum atomic E-state index is 12.5. The van der Waals surface area contributed by atoms with Gasteiger partial charge in [-0.2, -0.15) is 13.2 Å². The zero-order chi connectivity index (χ0) is 19.9. The van der Waals surface area contributed by atoms with Gasteiger partial charge in [0.15, 0.2) is 5.96 Å². The van der Waals surface area contributed by atoms with Crippen LogP contribution in [0.3, 0.4) is 0 Å². The predicted molar refractivity (Wildman–Crippen MR) is 102 cm³/mol.